The predicted molar refractivity (Wildman–Crippen MR) is 126 cm³/mol. The zero-order valence-electron chi connectivity index (χ0n) is 19.8. The second-order valence-corrected chi connectivity index (χ2v) is 8.71. The monoisotopic (exact) mass is 454 g/mol. The van der Waals surface area contributed by atoms with E-state index in [1.165, 1.54) is 0 Å². The number of rotatable bonds is 9. The van der Waals surface area contributed by atoms with Crippen LogP contribution in [-0.2, 0) is 22.7 Å². The molecule has 0 unspecified atom stereocenters. The van der Waals surface area contributed by atoms with Gasteiger partial charge in [-0.25, -0.2) is 0 Å². The van der Waals surface area contributed by atoms with Crippen LogP contribution in [0.4, 0.5) is 0 Å². The molecule has 0 radical (unpaired) electrons. The zero-order chi connectivity index (χ0) is 24.0. The van der Waals surface area contributed by atoms with Crippen molar-refractivity contribution in [3.63, 3.8) is 0 Å². The van der Waals surface area contributed by atoms with Crippen LogP contribution in [0.1, 0.15) is 72.3 Å². The molecule has 1 aliphatic heterocycles. The van der Waals surface area contributed by atoms with Gasteiger partial charge in [0.15, 0.2) is 0 Å². The number of nitrogens with zero attached hydrogens (tertiary/aromatic N) is 1. The summed E-state index contributed by atoms with van der Waals surface area (Å²) < 4.78 is 7.42. The van der Waals surface area contributed by atoms with E-state index >= 15 is 0 Å². The maximum atomic E-state index is 13.2. The summed E-state index contributed by atoms with van der Waals surface area (Å²) in [7, 11) is 0. The largest absolute Gasteiger partial charge is 0.373 e. The lowest BCUT2D eigenvalue weighted by Crippen LogP contribution is -2.40. The van der Waals surface area contributed by atoms with Gasteiger partial charge in [-0.15, -0.1) is 0 Å². The number of hydrogen-bond acceptors (Lipinski definition) is 4. The van der Waals surface area contributed by atoms with Gasteiger partial charge in [0.2, 0.25) is 5.91 Å². The van der Waals surface area contributed by atoms with Crippen molar-refractivity contribution < 1.29 is 19.1 Å². The minimum Gasteiger partial charge on any atom is -0.373 e. The van der Waals surface area contributed by atoms with Crippen LogP contribution in [0.5, 0.6) is 0 Å². The maximum Gasteiger partial charge on any atom is 0.267 e. The highest BCUT2D eigenvalue weighted by Crippen LogP contribution is 2.23. The fourth-order valence-electron chi connectivity index (χ4n) is 3.91. The van der Waals surface area contributed by atoms with Crippen LogP contribution >= 0.6 is 0 Å². The van der Waals surface area contributed by atoms with E-state index in [0.717, 1.165) is 12.0 Å². The van der Waals surface area contributed by atoms with Crippen LogP contribution in [0.25, 0.3) is 0 Å². The average Bonchev–Trinajstić information content (AvgIpc) is 3.20. The quantitative estimate of drug-likeness (QED) is 0.542. The lowest BCUT2D eigenvalue weighted by molar-refractivity contribution is -0.124. The molecule has 0 spiro atoms. The number of amides is 3. The third kappa shape index (κ3) is 6.01. The Morgan fingerprint density at radius 2 is 1.79 bits per heavy atom. The highest BCUT2D eigenvalue weighted by Gasteiger charge is 2.27. The van der Waals surface area contributed by atoms with Crippen molar-refractivity contribution in [2.45, 2.75) is 59.4 Å². The van der Waals surface area contributed by atoms with E-state index in [1.807, 2.05) is 55.7 Å². The molecule has 3 rings (SSSR count). The lowest BCUT2D eigenvalue weighted by atomic mass is 10.0. The van der Waals surface area contributed by atoms with Crippen LogP contribution in [-0.4, -0.2) is 41.5 Å². The Morgan fingerprint density at radius 3 is 2.45 bits per heavy atom. The minimum absolute atomic E-state index is 0.0391. The van der Waals surface area contributed by atoms with Gasteiger partial charge in [-0.1, -0.05) is 44.2 Å². The maximum absolute atomic E-state index is 13.2. The normalized spacial score (nSPS) is 14.8. The first-order valence-corrected chi connectivity index (χ1v) is 11.6. The molecule has 1 aliphatic rings. The Hall–Kier alpha value is -3.13. The smallest absolute Gasteiger partial charge is 0.267 e. The third-order valence-electron chi connectivity index (χ3n) is 5.75. The lowest BCUT2D eigenvalue weighted by Gasteiger charge is -2.21. The molecule has 0 saturated carbocycles. The molecule has 0 fully saturated rings. The molecular formula is C25H34N4O4. The summed E-state index contributed by atoms with van der Waals surface area (Å²) in [6.07, 6.45) is 0.742. The molecule has 2 aromatic rings. The molecule has 2 heterocycles. The van der Waals surface area contributed by atoms with Gasteiger partial charge in [0, 0.05) is 19.1 Å². The fraction of sp³-hybridized carbons (Fsp3) is 0.480. The van der Waals surface area contributed by atoms with Crippen LogP contribution in [0, 0.1) is 5.92 Å². The number of benzene rings is 1. The van der Waals surface area contributed by atoms with E-state index in [2.05, 4.69) is 16.0 Å². The van der Waals surface area contributed by atoms with E-state index in [4.69, 9.17) is 4.74 Å². The third-order valence-corrected chi connectivity index (χ3v) is 5.75. The summed E-state index contributed by atoms with van der Waals surface area (Å²) in [5.74, 6) is -1.02. The summed E-state index contributed by atoms with van der Waals surface area (Å²) in [6.45, 7) is 9.02. The van der Waals surface area contributed by atoms with Crippen molar-refractivity contribution in [3.8, 4) is 0 Å². The molecule has 8 heteroatoms. The molecule has 3 amide bonds. The molecule has 0 bridgehead atoms. The first-order chi connectivity index (χ1) is 15.8. The summed E-state index contributed by atoms with van der Waals surface area (Å²) in [6, 6.07) is 11.4. The Balaban J connectivity index is 1.75. The van der Waals surface area contributed by atoms with Gasteiger partial charge < -0.3 is 25.3 Å². The summed E-state index contributed by atoms with van der Waals surface area (Å²) in [5, 5.41) is 8.78. The van der Waals surface area contributed by atoms with E-state index in [1.54, 1.807) is 13.0 Å². The Labute approximate surface area is 195 Å². The Bertz CT molecular complexity index is 984. The second kappa shape index (κ2) is 11.1. The number of fused-ring (bicyclic) bond motifs is 1. The van der Waals surface area contributed by atoms with Crippen molar-refractivity contribution in [1.29, 1.82) is 0 Å². The zero-order valence-corrected chi connectivity index (χ0v) is 19.8. The highest BCUT2D eigenvalue weighted by molar-refractivity contribution is 6.01. The Morgan fingerprint density at radius 1 is 1.06 bits per heavy atom. The molecule has 2 atom stereocenters. The molecule has 178 valence electrons. The molecule has 8 nitrogen and oxygen atoms in total. The van der Waals surface area contributed by atoms with Crippen molar-refractivity contribution in [1.82, 2.24) is 20.5 Å². The van der Waals surface area contributed by atoms with Gasteiger partial charge >= 0.3 is 0 Å². The van der Waals surface area contributed by atoms with Gasteiger partial charge in [-0.3, -0.25) is 14.4 Å². The van der Waals surface area contributed by atoms with Crippen molar-refractivity contribution in [3.05, 3.63) is 58.9 Å². The van der Waals surface area contributed by atoms with Crippen LogP contribution in [0.2, 0.25) is 0 Å². The van der Waals surface area contributed by atoms with Crippen LogP contribution in [0.3, 0.4) is 0 Å². The van der Waals surface area contributed by atoms with E-state index in [9.17, 15) is 14.4 Å². The SMILES string of the molecule is CC[C@@H](NC(=O)c1cc(C(=O)NC[C@H](C)C(=O)NC(C)C)n2c1COCC2)c1ccccc1. The predicted octanol–water partition coefficient (Wildman–Crippen LogP) is 2.79. The number of ether oxygens (including phenoxy) is 1. The number of aromatic nitrogens is 1. The first kappa shape index (κ1) is 24.5. The number of carbonyl (C=O) groups excluding carboxylic acids is 3. The number of nitrogens with one attached hydrogen (secondary N) is 3. The standard InChI is InChI=1S/C25H34N4O4/c1-5-20(18-9-7-6-8-10-18)28-24(31)19-13-21(29-11-12-33-15-22(19)29)25(32)26-14-17(4)23(30)27-16(2)3/h6-10,13,16-17,20H,5,11-12,14-15H2,1-4H3,(H,26,32)(H,27,30)(H,28,31)/t17-,20+/m0/s1. The van der Waals surface area contributed by atoms with Crippen molar-refractivity contribution in [2.75, 3.05) is 13.2 Å². The fourth-order valence-corrected chi connectivity index (χ4v) is 3.91. The average molecular weight is 455 g/mol. The molecule has 33 heavy (non-hydrogen) atoms. The molecule has 3 N–H and O–H groups in total. The summed E-state index contributed by atoms with van der Waals surface area (Å²) in [5.41, 5.74) is 2.57. The first-order valence-electron chi connectivity index (χ1n) is 11.6. The summed E-state index contributed by atoms with van der Waals surface area (Å²) in [4.78, 5) is 38.3. The summed E-state index contributed by atoms with van der Waals surface area (Å²) >= 11 is 0. The molecule has 0 saturated heterocycles. The minimum atomic E-state index is -0.366. The van der Waals surface area contributed by atoms with Gasteiger partial charge in [-0.2, -0.15) is 0 Å². The van der Waals surface area contributed by atoms with Crippen molar-refractivity contribution >= 4 is 17.7 Å². The molecule has 1 aromatic heterocycles. The van der Waals surface area contributed by atoms with E-state index in [-0.39, 0.29) is 48.9 Å². The molecule has 0 aliphatic carbocycles. The van der Waals surface area contributed by atoms with Crippen LogP contribution in [0.15, 0.2) is 36.4 Å². The topological polar surface area (TPSA) is 101 Å². The number of hydrogen-bond donors (Lipinski definition) is 3. The Kier molecular flexibility index (Phi) is 8.27. The van der Waals surface area contributed by atoms with Gasteiger partial charge in [0.1, 0.15) is 5.69 Å². The highest BCUT2D eigenvalue weighted by atomic mass is 16.5. The number of carbonyl (C=O) groups is 3. The van der Waals surface area contributed by atoms with Gasteiger partial charge in [0.05, 0.1) is 36.4 Å². The second-order valence-electron chi connectivity index (χ2n) is 8.71. The van der Waals surface area contributed by atoms with E-state index in [0.29, 0.717) is 30.1 Å². The molecule has 1 aromatic carbocycles. The van der Waals surface area contributed by atoms with Gasteiger partial charge in [-0.05, 0) is 31.9 Å². The van der Waals surface area contributed by atoms with E-state index < -0.39 is 0 Å². The van der Waals surface area contributed by atoms with Gasteiger partial charge in [0.25, 0.3) is 11.8 Å². The molecular weight excluding hydrogens is 420 g/mol. The van der Waals surface area contributed by atoms with Crippen LogP contribution < -0.4 is 16.0 Å². The van der Waals surface area contributed by atoms with Crippen molar-refractivity contribution in [2.24, 2.45) is 5.92 Å².